The lowest BCUT2D eigenvalue weighted by Crippen LogP contribution is -2.53. The van der Waals surface area contributed by atoms with Gasteiger partial charge in [-0.05, 0) is 19.8 Å². The molecular weight excluding hydrogens is 216 g/mol. The van der Waals surface area contributed by atoms with E-state index < -0.39 is 0 Å². The summed E-state index contributed by atoms with van der Waals surface area (Å²) in [6, 6.07) is 0. The summed E-state index contributed by atoms with van der Waals surface area (Å²) in [5.74, 6) is 0.222. The molecule has 0 atom stereocenters. The van der Waals surface area contributed by atoms with E-state index in [0.717, 1.165) is 25.9 Å². The van der Waals surface area contributed by atoms with E-state index in [1.807, 2.05) is 32.6 Å². The van der Waals surface area contributed by atoms with Gasteiger partial charge in [0.2, 0.25) is 5.91 Å². The monoisotopic (exact) mass is 242 g/mol. The second kappa shape index (κ2) is 5.36. The number of piperidine rings is 1. The summed E-state index contributed by atoms with van der Waals surface area (Å²) in [6.45, 7) is 10.6. The van der Waals surface area contributed by atoms with E-state index in [1.54, 1.807) is 0 Å². The van der Waals surface area contributed by atoms with Crippen molar-refractivity contribution in [1.29, 1.82) is 0 Å². The molecule has 1 aliphatic heterocycles. The van der Waals surface area contributed by atoms with E-state index in [-0.39, 0.29) is 16.9 Å². The molecule has 2 N–H and O–H groups in total. The maximum Gasteiger partial charge on any atom is 0.227 e. The predicted molar refractivity (Wildman–Crippen MR) is 68.7 cm³/mol. The van der Waals surface area contributed by atoms with Gasteiger partial charge in [-0.2, -0.15) is 0 Å². The fourth-order valence-corrected chi connectivity index (χ4v) is 2.31. The Morgan fingerprint density at radius 2 is 1.88 bits per heavy atom. The molecule has 4 heteroatoms. The molecule has 0 saturated carbocycles. The van der Waals surface area contributed by atoms with Crippen LogP contribution < -0.4 is 5.73 Å². The van der Waals surface area contributed by atoms with Gasteiger partial charge in [0, 0.05) is 31.7 Å². The Morgan fingerprint density at radius 3 is 2.24 bits per heavy atom. The van der Waals surface area contributed by atoms with Crippen LogP contribution >= 0.6 is 0 Å². The normalized spacial score (nSPS) is 20.4. The Bertz CT molecular complexity index is 263. The van der Waals surface area contributed by atoms with Crippen molar-refractivity contribution in [3.63, 3.8) is 0 Å². The first-order chi connectivity index (χ1) is 7.84. The van der Waals surface area contributed by atoms with Crippen molar-refractivity contribution in [3.8, 4) is 0 Å². The molecule has 0 unspecified atom stereocenters. The van der Waals surface area contributed by atoms with Crippen molar-refractivity contribution < 1.29 is 9.53 Å². The number of likely N-dealkylation sites (tertiary alicyclic amines) is 1. The number of carbonyl (C=O) groups excluding carboxylic acids is 1. The summed E-state index contributed by atoms with van der Waals surface area (Å²) in [4.78, 5) is 14.1. The van der Waals surface area contributed by atoms with Crippen LogP contribution in [0.15, 0.2) is 0 Å². The number of rotatable bonds is 3. The number of nitrogens with two attached hydrogens (primary N) is 1. The van der Waals surface area contributed by atoms with E-state index in [0.29, 0.717) is 13.2 Å². The third-order valence-electron chi connectivity index (χ3n) is 3.43. The fraction of sp³-hybridized carbons (Fsp3) is 0.923. The summed E-state index contributed by atoms with van der Waals surface area (Å²) >= 11 is 0. The molecule has 1 heterocycles. The van der Waals surface area contributed by atoms with Gasteiger partial charge in [-0.25, -0.2) is 0 Å². The molecular formula is C13H26N2O2. The van der Waals surface area contributed by atoms with Crippen molar-refractivity contribution >= 4 is 5.91 Å². The molecule has 0 spiro atoms. The Balaban J connectivity index is 2.58. The van der Waals surface area contributed by atoms with Gasteiger partial charge in [-0.1, -0.05) is 20.8 Å². The van der Waals surface area contributed by atoms with Crippen LogP contribution in [0, 0.1) is 5.41 Å². The number of amides is 1. The molecule has 0 aromatic rings. The Hall–Kier alpha value is -0.610. The number of ether oxygens (including phenoxy) is 1. The molecule has 1 amide bonds. The van der Waals surface area contributed by atoms with Crippen LogP contribution in [0.4, 0.5) is 0 Å². The van der Waals surface area contributed by atoms with Gasteiger partial charge in [0.05, 0.1) is 5.60 Å². The summed E-state index contributed by atoms with van der Waals surface area (Å²) in [5, 5.41) is 0. The Labute approximate surface area is 104 Å². The summed E-state index contributed by atoms with van der Waals surface area (Å²) in [7, 11) is 0. The Morgan fingerprint density at radius 1 is 1.35 bits per heavy atom. The molecule has 0 bridgehead atoms. The van der Waals surface area contributed by atoms with Gasteiger partial charge >= 0.3 is 0 Å². The molecule has 4 nitrogen and oxygen atoms in total. The molecule has 100 valence electrons. The highest BCUT2D eigenvalue weighted by molar-refractivity contribution is 5.81. The first kappa shape index (κ1) is 14.5. The van der Waals surface area contributed by atoms with Crippen molar-refractivity contribution in [2.24, 2.45) is 11.1 Å². The zero-order valence-corrected chi connectivity index (χ0v) is 11.6. The number of hydrogen-bond donors (Lipinski definition) is 1. The largest absolute Gasteiger partial charge is 0.374 e. The zero-order valence-electron chi connectivity index (χ0n) is 11.6. The molecule has 1 fully saturated rings. The van der Waals surface area contributed by atoms with Crippen LogP contribution in [-0.4, -0.2) is 42.6 Å². The molecule has 1 saturated heterocycles. The van der Waals surface area contributed by atoms with E-state index in [9.17, 15) is 4.79 Å². The van der Waals surface area contributed by atoms with Crippen LogP contribution in [0.25, 0.3) is 0 Å². The van der Waals surface area contributed by atoms with E-state index >= 15 is 0 Å². The molecule has 0 aromatic heterocycles. The number of nitrogens with zero attached hydrogens (tertiary/aromatic N) is 1. The van der Waals surface area contributed by atoms with Gasteiger partial charge in [0.15, 0.2) is 0 Å². The van der Waals surface area contributed by atoms with Crippen molar-refractivity contribution in [3.05, 3.63) is 0 Å². The molecule has 17 heavy (non-hydrogen) atoms. The van der Waals surface area contributed by atoms with Gasteiger partial charge < -0.3 is 15.4 Å². The molecule has 1 aliphatic rings. The maximum atomic E-state index is 12.1. The minimum Gasteiger partial charge on any atom is -0.374 e. The summed E-state index contributed by atoms with van der Waals surface area (Å²) in [6.07, 6.45) is 1.69. The minimum absolute atomic E-state index is 0.205. The summed E-state index contributed by atoms with van der Waals surface area (Å²) < 4.78 is 5.77. The lowest BCUT2D eigenvalue weighted by atomic mass is 9.88. The van der Waals surface area contributed by atoms with Crippen LogP contribution in [0.3, 0.4) is 0 Å². The third kappa shape index (κ3) is 3.42. The van der Waals surface area contributed by atoms with Crippen molar-refractivity contribution in [2.75, 3.05) is 26.2 Å². The maximum absolute atomic E-state index is 12.1. The van der Waals surface area contributed by atoms with Crippen LogP contribution in [0.2, 0.25) is 0 Å². The quantitative estimate of drug-likeness (QED) is 0.813. The number of hydrogen-bond acceptors (Lipinski definition) is 3. The minimum atomic E-state index is -0.297. The standard InChI is InChI=1S/C13H26N2O2/c1-5-17-13(10-14)6-8-15(9-7-13)11(16)12(2,3)4/h5-10,14H2,1-4H3. The van der Waals surface area contributed by atoms with Gasteiger partial charge in [0.25, 0.3) is 0 Å². The van der Waals surface area contributed by atoms with E-state index in [4.69, 9.17) is 10.5 Å². The lowest BCUT2D eigenvalue weighted by molar-refractivity contribution is -0.145. The van der Waals surface area contributed by atoms with Crippen molar-refractivity contribution in [2.45, 2.75) is 46.1 Å². The second-order valence-electron chi connectivity index (χ2n) is 5.86. The highest BCUT2D eigenvalue weighted by atomic mass is 16.5. The van der Waals surface area contributed by atoms with Gasteiger partial charge in [-0.15, -0.1) is 0 Å². The average Bonchev–Trinajstić information content (AvgIpc) is 2.28. The van der Waals surface area contributed by atoms with Crippen LogP contribution in [-0.2, 0) is 9.53 Å². The molecule has 0 aliphatic carbocycles. The zero-order chi connectivity index (χ0) is 13.1. The van der Waals surface area contributed by atoms with E-state index in [1.165, 1.54) is 0 Å². The fourth-order valence-electron chi connectivity index (χ4n) is 2.31. The van der Waals surface area contributed by atoms with Crippen LogP contribution in [0.1, 0.15) is 40.5 Å². The lowest BCUT2D eigenvalue weighted by Gasteiger charge is -2.42. The highest BCUT2D eigenvalue weighted by Gasteiger charge is 2.37. The summed E-state index contributed by atoms with van der Waals surface area (Å²) in [5.41, 5.74) is 5.30. The topological polar surface area (TPSA) is 55.6 Å². The molecule has 1 rings (SSSR count). The third-order valence-corrected chi connectivity index (χ3v) is 3.43. The Kier molecular flexibility index (Phi) is 4.55. The van der Waals surface area contributed by atoms with Crippen molar-refractivity contribution in [1.82, 2.24) is 4.90 Å². The van der Waals surface area contributed by atoms with Crippen LogP contribution in [0.5, 0.6) is 0 Å². The smallest absolute Gasteiger partial charge is 0.227 e. The highest BCUT2D eigenvalue weighted by Crippen LogP contribution is 2.28. The van der Waals surface area contributed by atoms with E-state index in [2.05, 4.69) is 0 Å². The number of carbonyl (C=O) groups is 1. The first-order valence-corrected chi connectivity index (χ1v) is 6.48. The predicted octanol–water partition coefficient (Wildman–Crippen LogP) is 1.39. The molecule has 0 aromatic carbocycles. The first-order valence-electron chi connectivity index (χ1n) is 6.48. The van der Waals surface area contributed by atoms with Gasteiger partial charge in [-0.3, -0.25) is 4.79 Å². The SMILES string of the molecule is CCOC1(CN)CCN(C(=O)C(C)(C)C)CC1. The average molecular weight is 242 g/mol. The van der Waals surface area contributed by atoms with Gasteiger partial charge in [0.1, 0.15) is 0 Å². The molecule has 0 radical (unpaired) electrons. The second-order valence-corrected chi connectivity index (χ2v) is 5.86.